The predicted octanol–water partition coefficient (Wildman–Crippen LogP) is 3.31. The van der Waals surface area contributed by atoms with E-state index in [9.17, 15) is 9.59 Å². The molecule has 2 N–H and O–H groups in total. The number of hydrogen-bond donors (Lipinski definition) is 2. The van der Waals surface area contributed by atoms with Crippen LogP contribution in [0.15, 0.2) is 42.5 Å². The first kappa shape index (κ1) is 14.4. The van der Waals surface area contributed by atoms with Gasteiger partial charge in [0.25, 0.3) is 11.8 Å². The maximum atomic E-state index is 12.3. The van der Waals surface area contributed by atoms with Gasteiger partial charge in [0.2, 0.25) is 0 Å². The molecule has 0 fully saturated rings. The summed E-state index contributed by atoms with van der Waals surface area (Å²) in [5.41, 5.74) is 1.60. The van der Waals surface area contributed by atoms with E-state index in [-0.39, 0.29) is 11.8 Å². The second-order valence-electron chi connectivity index (χ2n) is 4.92. The standard InChI is InChI=1S/C16H13ClN2O3/c1-9-15(20)19-13-6-5-10(7-14(13)22-9)16(21)18-12-4-2-3-11(17)8-12/h2-9H,1H3,(H,18,21)(H,19,20). The highest BCUT2D eigenvalue weighted by atomic mass is 35.5. The summed E-state index contributed by atoms with van der Waals surface area (Å²) in [6.45, 7) is 1.65. The van der Waals surface area contributed by atoms with Crippen LogP contribution in [0, 0.1) is 0 Å². The van der Waals surface area contributed by atoms with Gasteiger partial charge in [-0.15, -0.1) is 0 Å². The Labute approximate surface area is 132 Å². The average molecular weight is 317 g/mol. The number of rotatable bonds is 2. The summed E-state index contributed by atoms with van der Waals surface area (Å²) in [4.78, 5) is 23.8. The summed E-state index contributed by atoms with van der Waals surface area (Å²) >= 11 is 5.89. The van der Waals surface area contributed by atoms with Gasteiger partial charge in [-0.1, -0.05) is 17.7 Å². The normalized spacial score (nSPS) is 16.3. The van der Waals surface area contributed by atoms with Gasteiger partial charge >= 0.3 is 0 Å². The van der Waals surface area contributed by atoms with E-state index >= 15 is 0 Å². The molecule has 2 aromatic carbocycles. The Bertz CT molecular complexity index is 761. The Morgan fingerprint density at radius 3 is 2.86 bits per heavy atom. The highest BCUT2D eigenvalue weighted by Crippen LogP contribution is 2.30. The molecule has 2 aromatic rings. The summed E-state index contributed by atoms with van der Waals surface area (Å²) in [6, 6.07) is 11.8. The fourth-order valence-corrected chi connectivity index (χ4v) is 2.30. The van der Waals surface area contributed by atoms with Gasteiger partial charge in [-0.25, -0.2) is 0 Å². The first-order chi connectivity index (χ1) is 10.5. The van der Waals surface area contributed by atoms with Crippen LogP contribution in [0.4, 0.5) is 11.4 Å². The quantitative estimate of drug-likeness (QED) is 0.893. The molecule has 0 spiro atoms. The van der Waals surface area contributed by atoms with E-state index in [1.165, 1.54) is 0 Å². The fourth-order valence-electron chi connectivity index (χ4n) is 2.11. The van der Waals surface area contributed by atoms with E-state index in [2.05, 4.69) is 10.6 Å². The molecule has 1 atom stereocenters. The minimum absolute atomic E-state index is 0.205. The molecule has 1 heterocycles. The number of ether oxygens (including phenoxy) is 1. The molecule has 2 amide bonds. The fraction of sp³-hybridized carbons (Fsp3) is 0.125. The van der Waals surface area contributed by atoms with Crippen LogP contribution in [0.3, 0.4) is 0 Å². The monoisotopic (exact) mass is 316 g/mol. The second kappa shape index (κ2) is 5.69. The van der Waals surface area contributed by atoms with Crippen molar-refractivity contribution >= 4 is 34.8 Å². The number of carbonyl (C=O) groups is 2. The Morgan fingerprint density at radius 2 is 2.09 bits per heavy atom. The molecule has 1 aliphatic rings. The first-order valence-electron chi connectivity index (χ1n) is 6.71. The summed E-state index contributed by atoms with van der Waals surface area (Å²) in [5.74, 6) is -0.00677. The molecule has 3 rings (SSSR count). The van der Waals surface area contributed by atoms with Crippen molar-refractivity contribution < 1.29 is 14.3 Å². The topological polar surface area (TPSA) is 67.4 Å². The van der Waals surface area contributed by atoms with Crippen molar-refractivity contribution in [1.29, 1.82) is 0 Å². The van der Waals surface area contributed by atoms with Crippen LogP contribution in [0.25, 0.3) is 0 Å². The van der Waals surface area contributed by atoms with Crippen molar-refractivity contribution in [3.8, 4) is 5.75 Å². The SMILES string of the molecule is CC1Oc2cc(C(=O)Nc3cccc(Cl)c3)ccc2NC1=O. The van der Waals surface area contributed by atoms with E-state index in [4.69, 9.17) is 16.3 Å². The van der Waals surface area contributed by atoms with Crippen LogP contribution in [-0.4, -0.2) is 17.9 Å². The van der Waals surface area contributed by atoms with Crippen LogP contribution in [-0.2, 0) is 4.79 Å². The second-order valence-corrected chi connectivity index (χ2v) is 5.36. The minimum atomic E-state index is -0.584. The molecule has 0 aliphatic carbocycles. The largest absolute Gasteiger partial charge is 0.479 e. The van der Waals surface area contributed by atoms with Crippen molar-refractivity contribution in [3.05, 3.63) is 53.1 Å². The lowest BCUT2D eigenvalue weighted by Gasteiger charge is -2.23. The molecular weight excluding hydrogens is 304 g/mol. The van der Waals surface area contributed by atoms with Crippen LogP contribution in [0.2, 0.25) is 5.02 Å². The Balaban J connectivity index is 1.82. The van der Waals surface area contributed by atoms with Crippen LogP contribution in [0.5, 0.6) is 5.75 Å². The van der Waals surface area contributed by atoms with Crippen molar-refractivity contribution in [1.82, 2.24) is 0 Å². The summed E-state index contributed by atoms with van der Waals surface area (Å²) in [7, 11) is 0. The van der Waals surface area contributed by atoms with E-state index < -0.39 is 6.10 Å². The molecule has 6 heteroatoms. The third kappa shape index (κ3) is 2.89. The van der Waals surface area contributed by atoms with Gasteiger partial charge in [0.1, 0.15) is 5.75 Å². The molecule has 112 valence electrons. The van der Waals surface area contributed by atoms with E-state index in [0.717, 1.165) is 0 Å². The third-order valence-corrected chi connectivity index (χ3v) is 3.49. The minimum Gasteiger partial charge on any atom is -0.479 e. The van der Waals surface area contributed by atoms with Gasteiger partial charge < -0.3 is 15.4 Å². The number of hydrogen-bond acceptors (Lipinski definition) is 3. The van der Waals surface area contributed by atoms with Gasteiger partial charge in [0.15, 0.2) is 6.10 Å². The first-order valence-corrected chi connectivity index (χ1v) is 7.09. The zero-order chi connectivity index (χ0) is 15.7. The number of fused-ring (bicyclic) bond motifs is 1. The summed E-state index contributed by atoms with van der Waals surface area (Å²) < 4.78 is 5.49. The number of anilines is 2. The summed E-state index contributed by atoms with van der Waals surface area (Å²) in [6.07, 6.45) is -0.584. The number of halogens is 1. The summed E-state index contributed by atoms with van der Waals surface area (Å²) in [5, 5.41) is 6.02. The lowest BCUT2D eigenvalue weighted by molar-refractivity contribution is -0.122. The van der Waals surface area contributed by atoms with Gasteiger partial charge in [0, 0.05) is 16.3 Å². The van der Waals surface area contributed by atoms with E-state index in [1.807, 2.05) is 0 Å². The Morgan fingerprint density at radius 1 is 1.27 bits per heavy atom. The van der Waals surface area contributed by atoms with Crippen LogP contribution in [0.1, 0.15) is 17.3 Å². The molecule has 22 heavy (non-hydrogen) atoms. The highest BCUT2D eigenvalue weighted by Gasteiger charge is 2.24. The van der Waals surface area contributed by atoms with Crippen LogP contribution >= 0.6 is 11.6 Å². The van der Waals surface area contributed by atoms with Crippen LogP contribution < -0.4 is 15.4 Å². The zero-order valence-electron chi connectivity index (χ0n) is 11.7. The Kier molecular flexibility index (Phi) is 3.73. The smallest absolute Gasteiger partial charge is 0.265 e. The molecule has 1 aliphatic heterocycles. The van der Waals surface area contributed by atoms with Crippen molar-refractivity contribution in [3.63, 3.8) is 0 Å². The maximum absolute atomic E-state index is 12.3. The zero-order valence-corrected chi connectivity index (χ0v) is 12.5. The average Bonchev–Trinajstić information content (AvgIpc) is 2.48. The van der Waals surface area contributed by atoms with Gasteiger partial charge in [0.05, 0.1) is 5.69 Å². The molecule has 1 unspecified atom stereocenters. The number of nitrogens with one attached hydrogen (secondary N) is 2. The Hall–Kier alpha value is -2.53. The molecule has 5 nitrogen and oxygen atoms in total. The van der Waals surface area contributed by atoms with Crippen molar-refractivity contribution in [2.45, 2.75) is 13.0 Å². The molecule has 0 aromatic heterocycles. The van der Waals surface area contributed by atoms with Crippen molar-refractivity contribution in [2.24, 2.45) is 0 Å². The molecule has 0 bridgehead atoms. The predicted molar refractivity (Wildman–Crippen MR) is 84.6 cm³/mol. The third-order valence-electron chi connectivity index (χ3n) is 3.26. The maximum Gasteiger partial charge on any atom is 0.265 e. The number of amides is 2. The molecular formula is C16H13ClN2O3. The van der Waals surface area contributed by atoms with E-state index in [1.54, 1.807) is 49.4 Å². The van der Waals surface area contributed by atoms with Gasteiger partial charge in [-0.2, -0.15) is 0 Å². The molecule has 0 saturated heterocycles. The number of benzene rings is 2. The van der Waals surface area contributed by atoms with E-state index in [0.29, 0.717) is 27.7 Å². The van der Waals surface area contributed by atoms with Crippen molar-refractivity contribution in [2.75, 3.05) is 10.6 Å². The lowest BCUT2D eigenvalue weighted by Crippen LogP contribution is -2.34. The molecule has 0 saturated carbocycles. The lowest BCUT2D eigenvalue weighted by atomic mass is 10.1. The van der Waals surface area contributed by atoms with Gasteiger partial charge in [-0.05, 0) is 43.3 Å². The van der Waals surface area contributed by atoms with Gasteiger partial charge in [-0.3, -0.25) is 9.59 Å². The molecule has 0 radical (unpaired) electrons. The highest BCUT2D eigenvalue weighted by molar-refractivity contribution is 6.31. The number of carbonyl (C=O) groups excluding carboxylic acids is 2.